The molecule has 118 valence electrons. The van der Waals surface area contributed by atoms with Crippen LogP contribution in [0, 0.1) is 0 Å². The van der Waals surface area contributed by atoms with E-state index >= 15 is 0 Å². The number of ether oxygens (including phenoxy) is 1. The van der Waals surface area contributed by atoms with E-state index < -0.39 is 0 Å². The van der Waals surface area contributed by atoms with Crippen molar-refractivity contribution in [2.24, 2.45) is 0 Å². The molecule has 1 fully saturated rings. The van der Waals surface area contributed by atoms with E-state index in [-0.39, 0.29) is 11.4 Å². The predicted octanol–water partition coefficient (Wildman–Crippen LogP) is 3.65. The number of carbonyl (C=O) groups excluding carboxylic acids is 1. The van der Waals surface area contributed by atoms with Crippen molar-refractivity contribution in [3.8, 4) is 0 Å². The molecule has 1 aliphatic rings. The lowest BCUT2D eigenvalue weighted by Crippen LogP contribution is -2.47. The van der Waals surface area contributed by atoms with Crippen LogP contribution in [0.5, 0.6) is 0 Å². The van der Waals surface area contributed by atoms with Gasteiger partial charge >= 0.3 is 0 Å². The maximum absolute atomic E-state index is 12.1. The average molecular weight is 329 g/mol. The molecule has 1 aromatic heterocycles. The number of methoxy groups -OCH3 is 1. The number of nitrogens with zero attached hydrogens (tertiary/aromatic N) is 1. The second-order valence-electron chi connectivity index (χ2n) is 5.64. The van der Waals surface area contributed by atoms with Crippen LogP contribution in [0.25, 0.3) is 0 Å². The van der Waals surface area contributed by atoms with Crippen molar-refractivity contribution in [3.05, 3.63) is 4.88 Å². The molecule has 2 heterocycles. The van der Waals surface area contributed by atoms with Crippen LogP contribution in [-0.2, 0) is 4.74 Å². The molecule has 6 heteroatoms. The Balaban J connectivity index is 2.37. The number of Topliss-reactive ketones (excluding diaryl/α,β-unsaturated/α-hetero) is 1. The molecule has 0 saturated carbocycles. The third-order valence-corrected chi connectivity index (χ3v) is 6.36. The number of hydrogen-bond donors (Lipinski definition) is 1. The van der Waals surface area contributed by atoms with Gasteiger partial charge in [-0.3, -0.25) is 4.79 Å². The normalized spacial score (nSPS) is 22.6. The van der Waals surface area contributed by atoms with Gasteiger partial charge in [0.15, 0.2) is 5.78 Å². The Kier molecular flexibility index (Phi) is 5.22. The van der Waals surface area contributed by atoms with Crippen LogP contribution in [0.15, 0.2) is 4.90 Å². The van der Waals surface area contributed by atoms with Crippen molar-refractivity contribution < 1.29 is 9.53 Å². The third-order valence-electron chi connectivity index (χ3n) is 4.10. The Bertz CT molecular complexity index is 530. The standard InChI is InChI=1S/C15H24N2O2S2/c1-5-10(18)12-11(16)13(20-4)14(21-12)17-8-6-7-15(2,9-17)19-3/h5-9,16H2,1-4H3. The molecule has 0 amide bonds. The van der Waals surface area contributed by atoms with Crippen molar-refractivity contribution >= 4 is 39.6 Å². The summed E-state index contributed by atoms with van der Waals surface area (Å²) in [5.74, 6) is 0.130. The van der Waals surface area contributed by atoms with E-state index in [2.05, 4.69) is 11.8 Å². The number of piperidine rings is 1. The molecule has 1 atom stereocenters. The van der Waals surface area contributed by atoms with Gasteiger partial charge in [0.1, 0.15) is 5.00 Å². The number of nitrogen functional groups attached to an aromatic ring is 1. The molecule has 21 heavy (non-hydrogen) atoms. The third kappa shape index (κ3) is 3.22. The predicted molar refractivity (Wildman–Crippen MR) is 92.0 cm³/mol. The van der Waals surface area contributed by atoms with Crippen LogP contribution in [0.2, 0.25) is 0 Å². The highest BCUT2D eigenvalue weighted by molar-refractivity contribution is 7.99. The van der Waals surface area contributed by atoms with Crippen LogP contribution in [0.3, 0.4) is 0 Å². The fourth-order valence-electron chi connectivity index (χ4n) is 2.74. The van der Waals surface area contributed by atoms with E-state index in [1.165, 1.54) is 11.3 Å². The number of nitrogens with two attached hydrogens (primary N) is 1. The van der Waals surface area contributed by atoms with Crippen LogP contribution in [0.4, 0.5) is 10.7 Å². The lowest BCUT2D eigenvalue weighted by molar-refractivity contribution is -0.00460. The number of hydrogen-bond acceptors (Lipinski definition) is 6. The summed E-state index contributed by atoms with van der Waals surface area (Å²) in [5, 5.41) is 1.12. The van der Waals surface area contributed by atoms with Gasteiger partial charge in [-0.05, 0) is 26.0 Å². The molecule has 4 nitrogen and oxygen atoms in total. The van der Waals surface area contributed by atoms with Gasteiger partial charge in [0.2, 0.25) is 0 Å². The highest BCUT2D eigenvalue weighted by atomic mass is 32.2. The maximum atomic E-state index is 12.1. The molecule has 0 spiro atoms. The van der Waals surface area contributed by atoms with Gasteiger partial charge in [-0.25, -0.2) is 0 Å². The minimum Gasteiger partial charge on any atom is -0.396 e. The fraction of sp³-hybridized carbons (Fsp3) is 0.667. The number of carbonyl (C=O) groups is 1. The molecule has 1 aliphatic heterocycles. The molecule has 0 aromatic carbocycles. The Labute approximate surface area is 135 Å². The molecule has 1 unspecified atom stereocenters. The van der Waals surface area contributed by atoms with Crippen molar-refractivity contribution in [3.63, 3.8) is 0 Å². The molecule has 1 saturated heterocycles. The summed E-state index contributed by atoms with van der Waals surface area (Å²) in [5.41, 5.74) is 6.74. The van der Waals surface area contributed by atoms with Crippen LogP contribution in [-0.4, -0.2) is 37.8 Å². The minimum absolute atomic E-state index is 0.123. The first-order valence-electron chi connectivity index (χ1n) is 7.25. The SMILES string of the molecule is CCC(=O)c1sc(N2CCCC(C)(OC)C2)c(SC)c1N. The van der Waals surface area contributed by atoms with Crippen LogP contribution < -0.4 is 10.6 Å². The maximum Gasteiger partial charge on any atom is 0.174 e. The zero-order valence-corrected chi connectivity index (χ0v) is 14.8. The summed E-state index contributed by atoms with van der Waals surface area (Å²) in [4.78, 5) is 16.1. The molecule has 2 rings (SSSR count). The molecular weight excluding hydrogens is 304 g/mol. The zero-order valence-electron chi connectivity index (χ0n) is 13.2. The van der Waals surface area contributed by atoms with Gasteiger partial charge in [-0.2, -0.15) is 0 Å². The Hall–Kier alpha value is -0.720. The van der Waals surface area contributed by atoms with E-state index in [0.29, 0.717) is 17.0 Å². The smallest absolute Gasteiger partial charge is 0.174 e. The van der Waals surface area contributed by atoms with Gasteiger partial charge in [0.25, 0.3) is 0 Å². The monoisotopic (exact) mass is 328 g/mol. The molecule has 0 aliphatic carbocycles. The quantitative estimate of drug-likeness (QED) is 0.660. The van der Waals surface area contributed by atoms with E-state index in [0.717, 1.165) is 35.8 Å². The number of anilines is 2. The average Bonchev–Trinajstić information content (AvgIpc) is 2.83. The van der Waals surface area contributed by atoms with Crippen molar-refractivity contribution in [2.45, 2.75) is 43.6 Å². The largest absolute Gasteiger partial charge is 0.396 e. The summed E-state index contributed by atoms with van der Waals surface area (Å²) in [6.45, 7) is 5.86. The first-order valence-corrected chi connectivity index (χ1v) is 9.29. The van der Waals surface area contributed by atoms with Crippen LogP contribution in [0.1, 0.15) is 42.8 Å². The second kappa shape index (κ2) is 6.58. The fourth-order valence-corrected chi connectivity index (χ4v) is 4.95. The van der Waals surface area contributed by atoms with Gasteiger partial charge in [0.05, 0.1) is 21.1 Å². The van der Waals surface area contributed by atoms with Crippen molar-refractivity contribution in [1.82, 2.24) is 0 Å². The number of rotatable bonds is 5. The number of thiophene rings is 1. The van der Waals surface area contributed by atoms with E-state index in [1.807, 2.05) is 13.2 Å². The van der Waals surface area contributed by atoms with Gasteiger partial charge < -0.3 is 15.4 Å². The first kappa shape index (κ1) is 16.6. The zero-order chi connectivity index (χ0) is 15.6. The van der Waals surface area contributed by atoms with E-state index in [1.54, 1.807) is 18.9 Å². The molecule has 0 bridgehead atoms. The summed E-state index contributed by atoms with van der Waals surface area (Å²) < 4.78 is 5.67. The van der Waals surface area contributed by atoms with Gasteiger partial charge in [-0.1, -0.05) is 6.92 Å². The number of ketones is 1. The van der Waals surface area contributed by atoms with Crippen molar-refractivity contribution in [1.29, 1.82) is 0 Å². The topological polar surface area (TPSA) is 55.6 Å². The first-order chi connectivity index (χ1) is 9.95. The summed E-state index contributed by atoms with van der Waals surface area (Å²) in [6, 6.07) is 0. The summed E-state index contributed by atoms with van der Waals surface area (Å²) >= 11 is 3.16. The Morgan fingerprint density at radius 3 is 2.86 bits per heavy atom. The molecule has 0 radical (unpaired) electrons. The summed E-state index contributed by atoms with van der Waals surface area (Å²) in [6.07, 6.45) is 4.67. The molecule has 2 N–H and O–H groups in total. The minimum atomic E-state index is -0.123. The van der Waals surface area contributed by atoms with E-state index in [9.17, 15) is 4.79 Å². The van der Waals surface area contributed by atoms with E-state index in [4.69, 9.17) is 10.5 Å². The second-order valence-corrected chi connectivity index (χ2v) is 7.45. The summed E-state index contributed by atoms with van der Waals surface area (Å²) in [7, 11) is 1.77. The lowest BCUT2D eigenvalue weighted by atomic mass is 9.95. The Morgan fingerprint density at radius 2 is 2.29 bits per heavy atom. The Morgan fingerprint density at radius 1 is 1.57 bits per heavy atom. The lowest BCUT2D eigenvalue weighted by Gasteiger charge is -2.40. The van der Waals surface area contributed by atoms with Crippen LogP contribution >= 0.6 is 23.1 Å². The van der Waals surface area contributed by atoms with Crippen molar-refractivity contribution in [2.75, 3.05) is 37.1 Å². The highest BCUT2D eigenvalue weighted by Gasteiger charge is 2.33. The van der Waals surface area contributed by atoms with Gasteiger partial charge in [-0.15, -0.1) is 23.1 Å². The highest BCUT2D eigenvalue weighted by Crippen LogP contribution is 2.45. The number of thioether (sulfide) groups is 1. The molecule has 1 aromatic rings. The van der Waals surface area contributed by atoms with Gasteiger partial charge in [0, 0.05) is 26.6 Å². The molecular formula is C15H24N2O2S2.